The van der Waals surface area contributed by atoms with E-state index in [-0.39, 0.29) is 10.6 Å². The first kappa shape index (κ1) is 16.3. The van der Waals surface area contributed by atoms with E-state index >= 15 is 0 Å². The van der Waals surface area contributed by atoms with Gasteiger partial charge in [-0.3, -0.25) is 4.90 Å². The molecule has 0 atom stereocenters. The maximum atomic E-state index is 11.9. The Kier molecular flexibility index (Phi) is 6.31. The van der Waals surface area contributed by atoms with Crippen LogP contribution in [0.4, 0.5) is 10.5 Å². The summed E-state index contributed by atoms with van der Waals surface area (Å²) in [5, 5.41) is 9.09. The van der Waals surface area contributed by atoms with Crippen molar-refractivity contribution >= 4 is 29.4 Å². The van der Waals surface area contributed by atoms with Gasteiger partial charge in [0.05, 0.1) is 22.9 Å². The molecule has 6 heteroatoms. The van der Waals surface area contributed by atoms with E-state index < -0.39 is 12.1 Å². The van der Waals surface area contributed by atoms with Gasteiger partial charge in [0.2, 0.25) is 0 Å². The Morgan fingerprint density at radius 1 is 1.35 bits per heavy atom. The van der Waals surface area contributed by atoms with E-state index in [0.717, 1.165) is 12.8 Å². The van der Waals surface area contributed by atoms with Crippen LogP contribution < -0.4 is 4.90 Å². The molecule has 1 rings (SSSR count). The molecule has 5 nitrogen and oxygen atoms in total. The fourth-order valence-electron chi connectivity index (χ4n) is 1.64. The number of anilines is 1. The molecule has 0 aromatic heterocycles. The summed E-state index contributed by atoms with van der Waals surface area (Å²) in [7, 11) is 0. The normalized spacial score (nSPS) is 10.2. The molecule has 0 bridgehead atoms. The first-order valence-corrected chi connectivity index (χ1v) is 6.86. The molecule has 0 saturated heterocycles. The number of amides is 1. The van der Waals surface area contributed by atoms with Crippen molar-refractivity contribution in [2.45, 2.75) is 26.7 Å². The highest BCUT2D eigenvalue weighted by molar-refractivity contribution is 6.34. The first-order valence-electron chi connectivity index (χ1n) is 6.48. The van der Waals surface area contributed by atoms with Crippen LogP contribution in [0.25, 0.3) is 0 Å². The van der Waals surface area contributed by atoms with E-state index in [9.17, 15) is 9.59 Å². The molecular weight excluding hydrogens is 282 g/mol. The highest BCUT2D eigenvalue weighted by Crippen LogP contribution is 2.27. The summed E-state index contributed by atoms with van der Waals surface area (Å²) in [6, 6.07) is 4.24. The van der Waals surface area contributed by atoms with Crippen molar-refractivity contribution in [3.05, 3.63) is 28.8 Å². The van der Waals surface area contributed by atoms with E-state index in [2.05, 4.69) is 0 Å². The van der Waals surface area contributed by atoms with Crippen LogP contribution in [0.5, 0.6) is 0 Å². The number of hydrogen-bond acceptors (Lipinski definition) is 3. The number of aromatic carboxylic acids is 1. The van der Waals surface area contributed by atoms with E-state index in [1.54, 1.807) is 6.92 Å². The number of hydrogen-bond donors (Lipinski definition) is 1. The van der Waals surface area contributed by atoms with Crippen LogP contribution in [0.2, 0.25) is 5.02 Å². The third kappa shape index (κ3) is 4.13. The van der Waals surface area contributed by atoms with Crippen LogP contribution in [0.1, 0.15) is 37.0 Å². The van der Waals surface area contributed by atoms with E-state index in [0.29, 0.717) is 18.8 Å². The fraction of sp³-hybridized carbons (Fsp3) is 0.429. The van der Waals surface area contributed by atoms with Gasteiger partial charge in [-0.25, -0.2) is 9.59 Å². The number of benzene rings is 1. The number of unbranched alkanes of at least 4 members (excludes halogenated alkanes) is 1. The largest absolute Gasteiger partial charge is 0.478 e. The predicted octanol–water partition coefficient (Wildman–Crippen LogP) is 3.80. The van der Waals surface area contributed by atoms with Gasteiger partial charge >= 0.3 is 12.1 Å². The Bertz CT molecular complexity index is 490. The number of nitrogens with zero attached hydrogens (tertiary/aromatic N) is 1. The van der Waals surface area contributed by atoms with Gasteiger partial charge in [-0.2, -0.15) is 0 Å². The zero-order valence-electron chi connectivity index (χ0n) is 11.6. The van der Waals surface area contributed by atoms with Crippen LogP contribution in [-0.4, -0.2) is 30.3 Å². The molecule has 1 N–H and O–H groups in total. The lowest BCUT2D eigenvalue weighted by Crippen LogP contribution is -2.31. The number of carboxylic acid groups (broad SMARTS) is 1. The second kappa shape index (κ2) is 7.75. The second-order valence-corrected chi connectivity index (χ2v) is 4.59. The van der Waals surface area contributed by atoms with Crippen molar-refractivity contribution in [2.24, 2.45) is 0 Å². The minimum absolute atomic E-state index is 0.0779. The van der Waals surface area contributed by atoms with Gasteiger partial charge in [0.15, 0.2) is 0 Å². The van der Waals surface area contributed by atoms with E-state index in [4.69, 9.17) is 21.4 Å². The van der Waals surface area contributed by atoms with Crippen LogP contribution in [0.3, 0.4) is 0 Å². The zero-order valence-corrected chi connectivity index (χ0v) is 12.3. The second-order valence-electron chi connectivity index (χ2n) is 4.18. The zero-order chi connectivity index (χ0) is 15.1. The molecule has 0 spiro atoms. The lowest BCUT2D eigenvalue weighted by atomic mass is 10.2. The molecule has 1 aromatic carbocycles. The van der Waals surface area contributed by atoms with Gasteiger partial charge in [0, 0.05) is 6.54 Å². The van der Waals surface area contributed by atoms with Crippen LogP contribution in [0.15, 0.2) is 18.2 Å². The SMILES string of the molecule is CCCCOC(=O)N(CC)c1ccc(C(=O)O)cc1Cl. The Labute approximate surface area is 123 Å². The van der Waals surface area contributed by atoms with Gasteiger partial charge in [-0.15, -0.1) is 0 Å². The Morgan fingerprint density at radius 2 is 2.05 bits per heavy atom. The number of carbonyl (C=O) groups is 2. The highest BCUT2D eigenvalue weighted by Gasteiger charge is 2.19. The fourth-order valence-corrected chi connectivity index (χ4v) is 1.92. The van der Waals surface area contributed by atoms with Gasteiger partial charge in [0.1, 0.15) is 0 Å². The van der Waals surface area contributed by atoms with Crippen molar-refractivity contribution in [1.82, 2.24) is 0 Å². The minimum atomic E-state index is -1.06. The summed E-state index contributed by atoms with van der Waals surface area (Å²) in [6.45, 7) is 4.54. The third-order valence-corrected chi connectivity index (χ3v) is 3.05. The molecule has 1 amide bonds. The smallest absolute Gasteiger partial charge is 0.414 e. The maximum Gasteiger partial charge on any atom is 0.414 e. The van der Waals surface area contributed by atoms with Gasteiger partial charge < -0.3 is 9.84 Å². The first-order chi connectivity index (χ1) is 9.51. The summed E-state index contributed by atoms with van der Waals surface area (Å²) in [6.07, 6.45) is 1.26. The molecule has 20 heavy (non-hydrogen) atoms. The average molecular weight is 300 g/mol. The molecule has 0 aliphatic heterocycles. The number of halogens is 1. The lowest BCUT2D eigenvalue weighted by Gasteiger charge is -2.21. The third-order valence-electron chi connectivity index (χ3n) is 2.75. The summed E-state index contributed by atoms with van der Waals surface area (Å²) in [4.78, 5) is 24.2. The Morgan fingerprint density at radius 3 is 2.55 bits per heavy atom. The standard InChI is InChI=1S/C14H18ClNO4/c1-3-5-8-20-14(19)16(4-2)12-7-6-10(13(17)18)9-11(12)15/h6-7,9H,3-5,8H2,1-2H3,(H,17,18). The van der Waals surface area contributed by atoms with Gasteiger partial charge in [-0.05, 0) is 31.5 Å². The summed E-state index contributed by atoms with van der Waals surface area (Å²) in [5.41, 5.74) is 0.523. The number of ether oxygens (including phenoxy) is 1. The van der Waals surface area contributed by atoms with Gasteiger partial charge in [-0.1, -0.05) is 24.9 Å². The van der Waals surface area contributed by atoms with Crippen molar-refractivity contribution < 1.29 is 19.4 Å². The quantitative estimate of drug-likeness (QED) is 0.811. The molecule has 0 saturated carbocycles. The Balaban J connectivity index is 2.89. The van der Waals surface area contributed by atoms with Crippen LogP contribution >= 0.6 is 11.6 Å². The van der Waals surface area contributed by atoms with Crippen LogP contribution in [-0.2, 0) is 4.74 Å². The minimum Gasteiger partial charge on any atom is -0.478 e. The number of rotatable bonds is 6. The molecule has 1 aromatic rings. The molecule has 0 unspecified atom stereocenters. The monoisotopic (exact) mass is 299 g/mol. The molecular formula is C14H18ClNO4. The molecule has 0 fully saturated rings. The van der Waals surface area contributed by atoms with Gasteiger partial charge in [0.25, 0.3) is 0 Å². The molecule has 0 heterocycles. The van der Waals surface area contributed by atoms with E-state index in [1.807, 2.05) is 6.92 Å². The van der Waals surface area contributed by atoms with E-state index in [1.165, 1.54) is 23.1 Å². The maximum absolute atomic E-state index is 11.9. The highest BCUT2D eigenvalue weighted by atomic mass is 35.5. The average Bonchev–Trinajstić information content (AvgIpc) is 2.41. The molecule has 0 aliphatic rings. The number of carbonyl (C=O) groups excluding carboxylic acids is 1. The van der Waals surface area contributed by atoms with Crippen molar-refractivity contribution in [1.29, 1.82) is 0 Å². The van der Waals surface area contributed by atoms with Crippen molar-refractivity contribution in [3.8, 4) is 0 Å². The summed E-state index contributed by atoms with van der Waals surface area (Å²) < 4.78 is 5.13. The van der Waals surface area contributed by atoms with Crippen molar-refractivity contribution in [2.75, 3.05) is 18.1 Å². The Hall–Kier alpha value is -1.75. The van der Waals surface area contributed by atoms with Crippen molar-refractivity contribution in [3.63, 3.8) is 0 Å². The molecule has 0 radical (unpaired) electrons. The van der Waals surface area contributed by atoms with Crippen LogP contribution in [0, 0.1) is 0 Å². The molecule has 110 valence electrons. The predicted molar refractivity (Wildman–Crippen MR) is 77.7 cm³/mol. The topological polar surface area (TPSA) is 66.8 Å². The lowest BCUT2D eigenvalue weighted by molar-refractivity contribution is 0.0697. The summed E-state index contributed by atoms with van der Waals surface area (Å²) in [5.74, 6) is -1.06. The summed E-state index contributed by atoms with van der Waals surface area (Å²) >= 11 is 6.04. The number of carboxylic acids is 1. The molecule has 0 aliphatic carbocycles.